The Balaban J connectivity index is 1.33. The van der Waals surface area contributed by atoms with Crippen LogP contribution in [0, 0.1) is 0 Å². The fourth-order valence-electron chi connectivity index (χ4n) is 4.08. The summed E-state index contributed by atoms with van der Waals surface area (Å²) in [6, 6.07) is 15.5. The lowest BCUT2D eigenvalue weighted by Gasteiger charge is -2.21. The molecule has 184 valence electrons. The molecule has 8 nitrogen and oxygen atoms in total. The van der Waals surface area contributed by atoms with Gasteiger partial charge in [-0.25, -0.2) is 19.5 Å². The van der Waals surface area contributed by atoms with Gasteiger partial charge in [-0.05, 0) is 60.9 Å². The second-order valence-electron chi connectivity index (χ2n) is 8.34. The number of rotatable bonds is 6. The predicted octanol–water partition coefficient (Wildman–Crippen LogP) is 4.70. The monoisotopic (exact) mass is 497 g/mol. The number of halogens is 3. The Morgan fingerprint density at radius 2 is 1.69 bits per heavy atom. The van der Waals surface area contributed by atoms with Gasteiger partial charge in [0.1, 0.15) is 11.3 Å². The van der Waals surface area contributed by atoms with Crippen molar-refractivity contribution in [2.45, 2.75) is 31.3 Å². The van der Waals surface area contributed by atoms with Gasteiger partial charge < -0.3 is 14.4 Å². The van der Waals surface area contributed by atoms with Crippen LogP contribution in [0.15, 0.2) is 72.9 Å². The number of urea groups is 1. The quantitative estimate of drug-likeness (QED) is 0.362. The van der Waals surface area contributed by atoms with Crippen molar-refractivity contribution in [3.63, 3.8) is 0 Å². The first-order valence-corrected chi connectivity index (χ1v) is 10.9. The van der Waals surface area contributed by atoms with Gasteiger partial charge in [0.15, 0.2) is 0 Å². The molecule has 0 bridgehead atoms. The molecule has 1 aliphatic heterocycles. The molecule has 2 aliphatic rings. The number of carbonyl (C=O) groups is 3. The normalized spacial score (nSPS) is 16.4. The number of nitrogens with zero attached hydrogens (tertiary/aromatic N) is 3. The lowest BCUT2D eigenvalue weighted by Crippen LogP contribution is -2.36. The Morgan fingerprint density at radius 3 is 2.33 bits per heavy atom. The summed E-state index contributed by atoms with van der Waals surface area (Å²) in [5, 5.41) is 0. The number of carbonyl (C=O) groups excluding carboxylic acids is 3. The molecule has 11 heteroatoms. The number of pyridine rings is 1. The van der Waals surface area contributed by atoms with Gasteiger partial charge in [0.2, 0.25) is 5.88 Å². The van der Waals surface area contributed by atoms with Crippen LogP contribution in [0.1, 0.15) is 28.8 Å². The van der Waals surface area contributed by atoms with Gasteiger partial charge >= 0.3 is 18.4 Å². The molecule has 36 heavy (non-hydrogen) atoms. The van der Waals surface area contributed by atoms with E-state index in [1.54, 1.807) is 36.4 Å². The van der Waals surface area contributed by atoms with E-state index in [1.807, 2.05) is 0 Å². The van der Waals surface area contributed by atoms with Crippen LogP contribution in [0.5, 0.6) is 11.6 Å². The van der Waals surface area contributed by atoms with Gasteiger partial charge in [-0.15, -0.1) is 13.2 Å². The van der Waals surface area contributed by atoms with E-state index in [4.69, 9.17) is 4.74 Å². The number of alkyl halides is 3. The molecule has 3 aromatic rings. The highest BCUT2D eigenvalue weighted by atomic mass is 19.4. The number of benzene rings is 2. The van der Waals surface area contributed by atoms with Crippen molar-refractivity contribution in [3.05, 3.63) is 84.1 Å². The molecule has 0 atom stereocenters. The summed E-state index contributed by atoms with van der Waals surface area (Å²) < 4.78 is 46.5. The van der Waals surface area contributed by atoms with Gasteiger partial charge in [-0.3, -0.25) is 4.79 Å². The molecule has 1 saturated heterocycles. The summed E-state index contributed by atoms with van der Waals surface area (Å²) in [5.41, 5.74) is 0.0661. The standard InChI is InChI=1S/C25H18F3N3O5/c26-25(27,28)36-19-8-6-18(7-9-19)31-22(33)24(11-12-24)30(23(31)34)15-16-10-13-29-20(14-16)35-21(32)17-4-2-1-3-5-17/h1-10,13-14H,11-12,15H2. The van der Waals surface area contributed by atoms with Crippen LogP contribution in [0.25, 0.3) is 0 Å². The Labute approximate surface area is 202 Å². The van der Waals surface area contributed by atoms with Gasteiger partial charge in [-0.1, -0.05) is 18.2 Å². The molecule has 1 aliphatic carbocycles. The minimum atomic E-state index is -4.85. The predicted molar refractivity (Wildman–Crippen MR) is 119 cm³/mol. The number of hydrogen-bond acceptors (Lipinski definition) is 6. The van der Waals surface area contributed by atoms with Crippen molar-refractivity contribution in [2.24, 2.45) is 0 Å². The van der Waals surface area contributed by atoms with Crippen LogP contribution in [0.3, 0.4) is 0 Å². The Morgan fingerprint density at radius 1 is 1.00 bits per heavy atom. The van der Waals surface area contributed by atoms with Crippen LogP contribution in [-0.4, -0.2) is 39.7 Å². The summed E-state index contributed by atoms with van der Waals surface area (Å²) >= 11 is 0. The summed E-state index contributed by atoms with van der Waals surface area (Å²) in [7, 11) is 0. The summed E-state index contributed by atoms with van der Waals surface area (Å²) in [5.74, 6) is -1.45. The number of aromatic nitrogens is 1. The molecule has 5 rings (SSSR count). The SMILES string of the molecule is O=C(Oc1cc(CN2C(=O)N(c3ccc(OC(F)(F)F)cc3)C(=O)C23CC3)ccn1)c1ccccc1. The molecule has 0 unspecified atom stereocenters. The third-order valence-electron chi connectivity index (χ3n) is 5.94. The highest BCUT2D eigenvalue weighted by Crippen LogP contribution is 2.49. The fraction of sp³-hybridized carbons (Fsp3) is 0.200. The van der Waals surface area contributed by atoms with Crippen LogP contribution in [-0.2, 0) is 11.3 Å². The first-order chi connectivity index (χ1) is 17.2. The second-order valence-corrected chi connectivity index (χ2v) is 8.34. The van der Waals surface area contributed by atoms with Crippen molar-refractivity contribution in [1.29, 1.82) is 0 Å². The van der Waals surface area contributed by atoms with E-state index in [2.05, 4.69) is 9.72 Å². The average molecular weight is 497 g/mol. The van der Waals surface area contributed by atoms with Crippen LogP contribution >= 0.6 is 0 Å². The number of hydrogen-bond donors (Lipinski definition) is 0. The topological polar surface area (TPSA) is 89.0 Å². The molecular formula is C25H18F3N3O5. The lowest BCUT2D eigenvalue weighted by molar-refractivity contribution is -0.274. The first kappa shape index (κ1) is 23.3. The van der Waals surface area contributed by atoms with Gasteiger partial charge in [0.25, 0.3) is 5.91 Å². The van der Waals surface area contributed by atoms with E-state index in [1.165, 1.54) is 29.3 Å². The van der Waals surface area contributed by atoms with Gasteiger partial charge in [0, 0.05) is 18.8 Å². The van der Waals surface area contributed by atoms with Crippen molar-refractivity contribution in [1.82, 2.24) is 9.88 Å². The van der Waals surface area contributed by atoms with E-state index < -0.39 is 35.6 Å². The molecule has 1 saturated carbocycles. The minimum absolute atomic E-state index is 0.0429. The average Bonchev–Trinajstić information content (AvgIpc) is 3.62. The van der Waals surface area contributed by atoms with E-state index >= 15 is 0 Å². The zero-order valence-electron chi connectivity index (χ0n) is 18.6. The van der Waals surface area contributed by atoms with Crippen molar-refractivity contribution >= 4 is 23.6 Å². The van der Waals surface area contributed by atoms with Crippen LogP contribution in [0.4, 0.5) is 23.7 Å². The zero-order valence-corrected chi connectivity index (χ0v) is 18.6. The number of esters is 1. The molecule has 0 radical (unpaired) electrons. The zero-order chi connectivity index (χ0) is 25.5. The molecule has 1 spiro atoms. The van der Waals surface area contributed by atoms with Gasteiger partial charge in [0.05, 0.1) is 11.3 Å². The number of imide groups is 1. The molecule has 1 aromatic heterocycles. The Kier molecular flexibility index (Phi) is 5.62. The third kappa shape index (κ3) is 4.47. The van der Waals surface area contributed by atoms with Gasteiger partial charge in [-0.2, -0.15) is 0 Å². The molecule has 0 N–H and O–H groups in total. The van der Waals surface area contributed by atoms with Crippen molar-refractivity contribution < 1.29 is 37.0 Å². The first-order valence-electron chi connectivity index (χ1n) is 10.9. The Hall–Kier alpha value is -4.41. The molecule has 2 aromatic carbocycles. The maximum absolute atomic E-state index is 13.3. The highest BCUT2D eigenvalue weighted by molar-refractivity contribution is 6.24. The summed E-state index contributed by atoms with van der Waals surface area (Å²) in [4.78, 5) is 45.2. The summed E-state index contributed by atoms with van der Waals surface area (Å²) in [6.45, 7) is 0.0503. The van der Waals surface area contributed by atoms with Crippen molar-refractivity contribution in [2.75, 3.05) is 4.90 Å². The maximum Gasteiger partial charge on any atom is 0.573 e. The lowest BCUT2D eigenvalue weighted by atomic mass is 10.2. The third-order valence-corrected chi connectivity index (χ3v) is 5.94. The molecule has 3 amide bonds. The number of anilines is 1. The number of ether oxygens (including phenoxy) is 2. The van der Waals surface area contributed by atoms with Crippen molar-refractivity contribution in [3.8, 4) is 11.6 Å². The number of amides is 3. The highest BCUT2D eigenvalue weighted by Gasteiger charge is 2.65. The van der Waals surface area contributed by atoms with E-state index in [-0.39, 0.29) is 18.1 Å². The molecular weight excluding hydrogens is 479 g/mol. The van der Waals surface area contributed by atoms with E-state index in [0.29, 0.717) is 24.0 Å². The smallest absolute Gasteiger partial charge is 0.406 e. The minimum Gasteiger partial charge on any atom is -0.406 e. The fourth-order valence-corrected chi connectivity index (χ4v) is 4.08. The largest absolute Gasteiger partial charge is 0.573 e. The van der Waals surface area contributed by atoms with Crippen LogP contribution in [0.2, 0.25) is 0 Å². The second kappa shape index (κ2) is 8.67. The molecule has 2 heterocycles. The molecule has 2 fully saturated rings. The van der Waals surface area contributed by atoms with Crippen LogP contribution < -0.4 is 14.4 Å². The maximum atomic E-state index is 13.3. The van der Waals surface area contributed by atoms with E-state index in [9.17, 15) is 27.6 Å². The summed E-state index contributed by atoms with van der Waals surface area (Å²) in [6.07, 6.45) is -2.49. The van der Waals surface area contributed by atoms with E-state index in [0.717, 1.165) is 17.0 Å². The Bertz CT molecular complexity index is 1320.